The van der Waals surface area contributed by atoms with Gasteiger partial charge in [-0.05, 0) is 37.3 Å². The van der Waals surface area contributed by atoms with E-state index in [0.717, 1.165) is 0 Å². The molecule has 1 unspecified atom stereocenters. The second-order valence-electron chi connectivity index (χ2n) is 6.72. The number of nitrogens with one attached hydrogen (secondary N) is 1. The molecule has 146 valence electrons. The maximum Gasteiger partial charge on any atom is 0.254 e. The molecule has 3 rings (SSSR count). The molecular weight excluding hydrogens is 358 g/mol. The van der Waals surface area contributed by atoms with Crippen LogP contribution in [0.2, 0.25) is 0 Å². The zero-order valence-electron chi connectivity index (χ0n) is 15.8. The number of ether oxygens (including phenoxy) is 1. The molecule has 0 spiro atoms. The normalized spacial score (nSPS) is 16.5. The Balaban J connectivity index is 1.57. The first kappa shape index (κ1) is 19.7. The van der Waals surface area contributed by atoms with Gasteiger partial charge in [0.1, 0.15) is 0 Å². The van der Waals surface area contributed by atoms with Gasteiger partial charge in [-0.25, -0.2) is 0 Å². The summed E-state index contributed by atoms with van der Waals surface area (Å²) in [5.41, 5.74) is 1.53. The lowest BCUT2D eigenvalue weighted by atomic mass is 10.1. The Hall–Kier alpha value is -3.06. The maximum absolute atomic E-state index is 12.7. The van der Waals surface area contributed by atoms with Gasteiger partial charge in [0.25, 0.3) is 5.91 Å². The number of rotatable bonds is 6. The summed E-state index contributed by atoms with van der Waals surface area (Å²) < 4.78 is 5.37. The Kier molecular flexibility index (Phi) is 6.49. The third-order valence-corrected chi connectivity index (χ3v) is 4.58. The number of carbonyl (C=O) groups is 3. The number of benzene rings is 1. The zero-order valence-corrected chi connectivity index (χ0v) is 15.8. The van der Waals surface area contributed by atoms with Gasteiger partial charge in [0.2, 0.25) is 5.91 Å². The van der Waals surface area contributed by atoms with Crippen LogP contribution in [0.25, 0.3) is 0 Å². The van der Waals surface area contributed by atoms with E-state index in [4.69, 9.17) is 4.74 Å². The fourth-order valence-corrected chi connectivity index (χ4v) is 3.05. The van der Waals surface area contributed by atoms with Crippen LogP contribution in [-0.2, 0) is 9.53 Å². The van der Waals surface area contributed by atoms with Crippen LogP contribution in [0.4, 0.5) is 5.69 Å². The van der Waals surface area contributed by atoms with Crippen molar-refractivity contribution in [2.75, 3.05) is 25.1 Å². The van der Waals surface area contributed by atoms with Crippen molar-refractivity contribution in [2.45, 2.75) is 25.8 Å². The first-order chi connectivity index (χ1) is 13.5. The minimum Gasteiger partial charge on any atom is -0.377 e. The van der Waals surface area contributed by atoms with Crippen molar-refractivity contribution >= 4 is 23.3 Å². The predicted molar refractivity (Wildman–Crippen MR) is 104 cm³/mol. The summed E-state index contributed by atoms with van der Waals surface area (Å²) in [6, 6.07) is 10.2. The second kappa shape index (κ2) is 9.23. The monoisotopic (exact) mass is 381 g/mol. The first-order valence-corrected chi connectivity index (χ1v) is 9.26. The van der Waals surface area contributed by atoms with E-state index < -0.39 is 0 Å². The number of hydrogen-bond acceptors (Lipinski definition) is 5. The van der Waals surface area contributed by atoms with Gasteiger partial charge in [0.05, 0.1) is 19.3 Å². The molecule has 28 heavy (non-hydrogen) atoms. The average Bonchev–Trinajstić information content (AvgIpc) is 2.72. The van der Waals surface area contributed by atoms with Crippen molar-refractivity contribution in [1.82, 2.24) is 9.88 Å². The number of pyridine rings is 1. The van der Waals surface area contributed by atoms with Crippen LogP contribution in [0.1, 0.15) is 40.5 Å². The molecule has 7 heteroatoms. The highest BCUT2D eigenvalue weighted by molar-refractivity contribution is 6.00. The van der Waals surface area contributed by atoms with Crippen LogP contribution < -0.4 is 5.32 Å². The van der Waals surface area contributed by atoms with Crippen molar-refractivity contribution in [2.24, 2.45) is 0 Å². The number of anilines is 1. The Morgan fingerprint density at radius 1 is 1.18 bits per heavy atom. The van der Waals surface area contributed by atoms with Gasteiger partial charge in [-0.15, -0.1) is 0 Å². The molecule has 1 aromatic carbocycles. The van der Waals surface area contributed by atoms with Crippen molar-refractivity contribution in [3.05, 3.63) is 59.9 Å². The third-order valence-electron chi connectivity index (χ3n) is 4.58. The molecular formula is C21H23N3O4. The highest BCUT2D eigenvalue weighted by atomic mass is 16.5. The summed E-state index contributed by atoms with van der Waals surface area (Å²) >= 11 is 0. The van der Waals surface area contributed by atoms with Crippen LogP contribution in [0.3, 0.4) is 0 Å². The predicted octanol–water partition coefficient (Wildman–Crippen LogP) is 2.54. The Bertz CT molecular complexity index is 854. The van der Waals surface area contributed by atoms with Gasteiger partial charge in [-0.3, -0.25) is 19.4 Å². The minimum absolute atomic E-state index is 0.0120. The molecule has 1 fully saturated rings. The molecule has 1 aromatic heterocycles. The van der Waals surface area contributed by atoms with E-state index in [2.05, 4.69) is 10.3 Å². The summed E-state index contributed by atoms with van der Waals surface area (Å²) in [7, 11) is 0. The molecule has 1 N–H and O–H groups in total. The van der Waals surface area contributed by atoms with Gasteiger partial charge >= 0.3 is 0 Å². The van der Waals surface area contributed by atoms with Crippen LogP contribution in [0, 0.1) is 0 Å². The van der Waals surface area contributed by atoms with Crippen molar-refractivity contribution in [1.29, 1.82) is 0 Å². The van der Waals surface area contributed by atoms with Crippen molar-refractivity contribution in [3.63, 3.8) is 0 Å². The Morgan fingerprint density at radius 2 is 2.00 bits per heavy atom. The van der Waals surface area contributed by atoms with Gasteiger partial charge in [0, 0.05) is 48.6 Å². The van der Waals surface area contributed by atoms with Crippen LogP contribution in [0.15, 0.2) is 48.8 Å². The molecule has 1 atom stereocenters. The molecule has 7 nitrogen and oxygen atoms in total. The smallest absolute Gasteiger partial charge is 0.254 e. The molecule has 1 saturated heterocycles. The quantitative estimate of drug-likeness (QED) is 0.777. The molecule has 2 amide bonds. The van der Waals surface area contributed by atoms with E-state index in [1.807, 2.05) is 6.92 Å². The number of aromatic nitrogens is 1. The largest absolute Gasteiger partial charge is 0.377 e. The van der Waals surface area contributed by atoms with E-state index in [1.165, 1.54) is 6.20 Å². The summed E-state index contributed by atoms with van der Waals surface area (Å²) in [6.45, 7) is 3.54. The lowest BCUT2D eigenvalue weighted by Gasteiger charge is -2.33. The van der Waals surface area contributed by atoms with Crippen LogP contribution in [0.5, 0.6) is 0 Å². The maximum atomic E-state index is 12.7. The topological polar surface area (TPSA) is 88.6 Å². The van der Waals surface area contributed by atoms with E-state index >= 15 is 0 Å². The van der Waals surface area contributed by atoms with Gasteiger partial charge in [-0.1, -0.05) is 6.07 Å². The number of morpholine rings is 1. The summed E-state index contributed by atoms with van der Waals surface area (Å²) in [4.78, 5) is 42.7. The lowest BCUT2D eigenvalue weighted by molar-refractivity contribution is -0.116. The Morgan fingerprint density at radius 3 is 2.75 bits per heavy atom. The van der Waals surface area contributed by atoms with E-state index in [1.54, 1.807) is 47.5 Å². The number of carbonyl (C=O) groups excluding carboxylic acids is 3. The summed E-state index contributed by atoms with van der Waals surface area (Å²) in [5.74, 6) is -0.492. The molecule has 2 heterocycles. The molecule has 0 aliphatic carbocycles. The van der Waals surface area contributed by atoms with Crippen molar-refractivity contribution in [3.8, 4) is 0 Å². The van der Waals surface area contributed by atoms with Crippen molar-refractivity contribution < 1.29 is 19.1 Å². The molecule has 2 aromatic rings. The SMILES string of the molecule is CC1COCCN1C(=O)c1cccc(NC(=O)CCC(=O)c2cccnc2)c1. The van der Waals surface area contributed by atoms with E-state index in [-0.39, 0.29) is 36.5 Å². The molecule has 1 aliphatic rings. The van der Waals surface area contributed by atoms with Gasteiger partial charge in [0.15, 0.2) is 5.78 Å². The standard InChI is InChI=1S/C21H23N3O4/c1-15-14-28-11-10-24(15)21(27)16-4-2-6-18(12-16)23-20(26)8-7-19(25)17-5-3-9-22-13-17/h2-6,9,12-13,15H,7-8,10-11,14H2,1H3,(H,23,26). The molecule has 0 radical (unpaired) electrons. The second-order valence-corrected chi connectivity index (χ2v) is 6.72. The molecule has 1 aliphatic heterocycles. The number of amides is 2. The van der Waals surface area contributed by atoms with Gasteiger partial charge in [-0.2, -0.15) is 0 Å². The van der Waals surface area contributed by atoms with Crippen LogP contribution >= 0.6 is 0 Å². The van der Waals surface area contributed by atoms with Gasteiger partial charge < -0.3 is 15.0 Å². The lowest BCUT2D eigenvalue weighted by Crippen LogP contribution is -2.47. The number of Topliss-reactive ketones (excluding diaryl/α,β-unsaturated/α-hetero) is 1. The number of hydrogen-bond donors (Lipinski definition) is 1. The highest BCUT2D eigenvalue weighted by Crippen LogP contribution is 2.16. The zero-order chi connectivity index (χ0) is 19.9. The number of ketones is 1. The first-order valence-electron chi connectivity index (χ1n) is 9.26. The molecule has 0 saturated carbocycles. The van der Waals surface area contributed by atoms with E-state index in [0.29, 0.717) is 36.6 Å². The summed E-state index contributed by atoms with van der Waals surface area (Å²) in [5, 5.41) is 2.76. The highest BCUT2D eigenvalue weighted by Gasteiger charge is 2.24. The number of nitrogens with zero attached hydrogens (tertiary/aromatic N) is 2. The third kappa shape index (κ3) is 5.01. The van der Waals surface area contributed by atoms with Crippen LogP contribution in [-0.4, -0.2) is 53.3 Å². The summed E-state index contributed by atoms with van der Waals surface area (Å²) in [6.07, 6.45) is 3.24. The fourth-order valence-electron chi connectivity index (χ4n) is 3.05. The average molecular weight is 381 g/mol. The molecule has 0 bridgehead atoms. The minimum atomic E-state index is -0.276. The Labute approximate surface area is 163 Å². The van der Waals surface area contributed by atoms with E-state index in [9.17, 15) is 14.4 Å². The fraction of sp³-hybridized carbons (Fsp3) is 0.333.